The van der Waals surface area contributed by atoms with Crippen LogP contribution in [-0.4, -0.2) is 31.8 Å². The van der Waals surface area contributed by atoms with Gasteiger partial charge in [-0.25, -0.2) is 13.2 Å². The van der Waals surface area contributed by atoms with Crippen LogP contribution in [-0.2, 0) is 19.6 Å². The van der Waals surface area contributed by atoms with Crippen LogP contribution in [0.25, 0.3) is 0 Å². The van der Waals surface area contributed by atoms with Gasteiger partial charge in [0.25, 0.3) is 0 Å². The fraction of sp³-hybridized carbons (Fsp3) is 0.286. The largest absolute Gasteiger partial charge is 0.463 e. The summed E-state index contributed by atoms with van der Waals surface area (Å²) >= 11 is 0. The third-order valence-corrected chi connectivity index (χ3v) is 6.42. The lowest BCUT2D eigenvalue weighted by Crippen LogP contribution is -2.33. The van der Waals surface area contributed by atoms with Gasteiger partial charge in [-0.15, -0.1) is 0 Å². The van der Waals surface area contributed by atoms with E-state index in [0.717, 1.165) is 16.7 Å². The molecule has 0 aromatic heterocycles. The minimum atomic E-state index is -3.77. The number of aryl methyl sites for hydroxylation is 2. The summed E-state index contributed by atoms with van der Waals surface area (Å²) in [6.07, 6.45) is 1.65. The summed E-state index contributed by atoms with van der Waals surface area (Å²) in [5.74, 6) is -0.481. The number of ether oxygens (including phenoxy) is 1. The first-order valence-corrected chi connectivity index (χ1v) is 10.3. The summed E-state index contributed by atoms with van der Waals surface area (Å²) in [5, 5.41) is 0. The van der Waals surface area contributed by atoms with E-state index in [9.17, 15) is 13.2 Å². The van der Waals surface area contributed by atoms with Gasteiger partial charge in [0, 0.05) is 6.54 Å². The molecule has 0 saturated carbocycles. The number of esters is 1. The third-order valence-electron chi connectivity index (χ3n) is 4.57. The molecule has 0 N–H and O–H groups in total. The molecule has 0 fully saturated rings. The molecule has 1 aliphatic heterocycles. The normalized spacial score (nSPS) is 17.6. The monoisotopic (exact) mass is 385 g/mol. The van der Waals surface area contributed by atoms with Crippen molar-refractivity contribution >= 4 is 16.0 Å². The lowest BCUT2D eigenvalue weighted by molar-refractivity contribution is -0.138. The lowest BCUT2D eigenvalue weighted by atomic mass is 9.99. The summed E-state index contributed by atoms with van der Waals surface area (Å²) in [4.78, 5) is 12.7. The van der Waals surface area contributed by atoms with Gasteiger partial charge in [-0.3, -0.25) is 0 Å². The molecule has 5 nitrogen and oxygen atoms in total. The van der Waals surface area contributed by atoms with Gasteiger partial charge in [0.05, 0.1) is 23.1 Å². The molecule has 0 aliphatic carbocycles. The first-order chi connectivity index (χ1) is 12.8. The Bertz CT molecular complexity index is 977. The zero-order chi connectivity index (χ0) is 19.6. The molecule has 1 atom stereocenters. The molecule has 3 rings (SSSR count). The molecule has 0 amide bonds. The Balaban J connectivity index is 2.06. The van der Waals surface area contributed by atoms with E-state index in [2.05, 4.69) is 0 Å². The maximum absolute atomic E-state index is 13.3. The van der Waals surface area contributed by atoms with Crippen molar-refractivity contribution in [3.05, 3.63) is 76.9 Å². The molecule has 0 bridgehead atoms. The fourth-order valence-electron chi connectivity index (χ4n) is 3.24. The minimum absolute atomic E-state index is 0.128. The Labute approximate surface area is 160 Å². The summed E-state index contributed by atoms with van der Waals surface area (Å²) in [7, 11) is -3.77. The molecule has 1 aliphatic rings. The number of benzene rings is 2. The first kappa shape index (κ1) is 19.3. The number of hydrogen-bond donors (Lipinski definition) is 0. The van der Waals surface area contributed by atoms with E-state index in [-0.39, 0.29) is 18.0 Å². The van der Waals surface area contributed by atoms with Crippen LogP contribution >= 0.6 is 0 Å². The highest BCUT2D eigenvalue weighted by molar-refractivity contribution is 7.89. The Morgan fingerprint density at radius 3 is 2.44 bits per heavy atom. The molecular weight excluding hydrogens is 362 g/mol. The Hall–Kier alpha value is -2.44. The molecular formula is C21H23NO4S. The topological polar surface area (TPSA) is 63.7 Å². The van der Waals surface area contributed by atoms with Crippen molar-refractivity contribution in [2.24, 2.45) is 0 Å². The predicted molar refractivity (Wildman–Crippen MR) is 104 cm³/mol. The van der Waals surface area contributed by atoms with Crippen LogP contribution in [0.15, 0.2) is 65.1 Å². The molecule has 2 aromatic carbocycles. The van der Waals surface area contributed by atoms with Crippen molar-refractivity contribution in [3.63, 3.8) is 0 Å². The zero-order valence-electron chi connectivity index (χ0n) is 15.7. The molecule has 6 heteroatoms. The smallest absolute Gasteiger partial charge is 0.335 e. The van der Waals surface area contributed by atoms with Gasteiger partial charge in [-0.1, -0.05) is 53.6 Å². The van der Waals surface area contributed by atoms with E-state index in [1.807, 2.05) is 38.1 Å². The number of carbonyl (C=O) groups is 1. The van der Waals surface area contributed by atoms with Crippen LogP contribution in [0.5, 0.6) is 0 Å². The Kier molecular flexibility index (Phi) is 5.48. The van der Waals surface area contributed by atoms with E-state index >= 15 is 0 Å². The average molecular weight is 385 g/mol. The van der Waals surface area contributed by atoms with E-state index in [4.69, 9.17) is 4.74 Å². The summed E-state index contributed by atoms with van der Waals surface area (Å²) in [6, 6.07) is 13.6. The summed E-state index contributed by atoms with van der Waals surface area (Å²) in [6.45, 7) is 5.94. The predicted octanol–water partition coefficient (Wildman–Crippen LogP) is 3.54. The van der Waals surface area contributed by atoms with Crippen molar-refractivity contribution in [2.75, 3.05) is 13.2 Å². The highest BCUT2D eigenvalue weighted by Gasteiger charge is 2.41. The van der Waals surface area contributed by atoms with Gasteiger partial charge >= 0.3 is 5.97 Å². The maximum atomic E-state index is 13.3. The van der Waals surface area contributed by atoms with Crippen LogP contribution in [0.4, 0.5) is 0 Å². The van der Waals surface area contributed by atoms with E-state index < -0.39 is 22.0 Å². The van der Waals surface area contributed by atoms with Crippen LogP contribution in [0.1, 0.15) is 29.7 Å². The zero-order valence-corrected chi connectivity index (χ0v) is 16.5. The molecule has 0 saturated heterocycles. The number of hydrogen-bond acceptors (Lipinski definition) is 4. The van der Waals surface area contributed by atoms with Crippen LogP contribution in [0.2, 0.25) is 0 Å². The second kappa shape index (κ2) is 7.66. The van der Waals surface area contributed by atoms with Crippen molar-refractivity contribution in [1.29, 1.82) is 0 Å². The molecule has 1 heterocycles. The molecule has 1 unspecified atom stereocenters. The highest BCUT2D eigenvalue weighted by Crippen LogP contribution is 2.38. The van der Waals surface area contributed by atoms with Crippen LogP contribution in [0, 0.1) is 13.8 Å². The highest BCUT2D eigenvalue weighted by atomic mass is 32.2. The summed E-state index contributed by atoms with van der Waals surface area (Å²) in [5.41, 5.74) is 3.09. The quantitative estimate of drug-likeness (QED) is 0.739. The molecule has 2 aromatic rings. The second-order valence-corrected chi connectivity index (χ2v) is 8.47. The number of nitrogens with zero attached hydrogens (tertiary/aromatic N) is 1. The van der Waals surface area contributed by atoms with E-state index in [1.54, 1.807) is 37.3 Å². The number of carbonyl (C=O) groups excluding carboxylic acids is 1. The second-order valence-electron chi connectivity index (χ2n) is 6.58. The van der Waals surface area contributed by atoms with Crippen LogP contribution < -0.4 is 0 Å². The van der Waals surface area contributed by atoms with Gasteiger partial charge in [0.2, 0.25) is 10.0 Å². The molecule has 0 spiro atoms. The van der Waals surface area contributed by atoms with Crippen LogP contribution in [0.3, 0.4) is 0 Å². The number of sulfonamides is 1. The lowest BCUT2D eigenvalue weighted by Gasteiger charge is -2.26. The van der Waals surface area contributed by atoms with E-state index in [1.165, 1.54) is 4.31 Å². The Morgan fingerprint density at radius 1 is 1.11 bits per heavy atom. The van der Waals surface area contributed by atoms with Gasteiger partial charge in [0.1, 0.15) is 0 Å². The molecule has 27 heavy (non-hydrogen) atoms. The van der Waals surface area contributed by atoms with E-state index in [0.29, 0.717) is 5.57 Å². The molecule has 142 valence electrons. The standard InChI is InChI=1S/C21H23NO4S/c1-4-26-21(23)19-12-13-22(20(19)17-7-5-6-16(3)14-17)27(24,25)18-10-8-15(2)9-11-18/h5-12,14,20H,4,13H2,1-3H3. The van der Waals surface area contributed by atoms with Crippen molar-refractivity contribution in [2.45, 2.75) is 31.7 Å². The van der Waals surface area contributed by atoms with Crippen molar-refractivity contribution in [1.82, 2.24) is 4.31 Å². The van der Waals surface area contributed by atoms with Gasteiger partial charge in [-0.05, 0) is 38.5 Å². The van der Waals surface area contributed by atoms with Gasteiger partial charge < -0.3 is 4.74 Å². The van der Waals surface area contributed by atoms with Crippen molar-refractivity contribution < 1.29 is 17.9 Å². The fourth-order valence-corrected chi connectivity index (χ4v) is 4.77. The van der Waals surface area contributed by atoms with Gasteiger partial charge in [-0.2, -0.15) is 4.31 Å². The average Bonchev–Trinajstić information content (AvgIpc) is 3.08. The third kappa shape index (κ3) is 3.82. The number of rotatable bonds is 5. The SMILES string of the molecule is CCOC(=O)C1=CCN(S(=O)(=O)c2ccc(C)cc2)C1c1cccc(C)c1. The maximum Gasteiger partial charge on any atom is 0.335 e. The first-order valence-electron chi connectivity index (χ1n) is 8.87. The Morgan fingerprint density at radius 2 is 1.81 bits per heavy atom. The molecule has 0 radical (unpaired) electrons. The minimum Gasteiger partial charge on any atom is -0.463 e. The summed E-state index contributed by atoms with van der Waals surface area (Å²) < 4.78 is 33.1. The van der Waals surface area contributed by atoms with Gasteiger partial charge in [0.15, 0.2) is 0 Å². The van der Waals surface area contributed by atoms with Crippen molar-refractivity contribution in [3.8, 4) is 0 Å².